The lowest BCUT2D eigenvalue weighted by Crippen LogP contribution is -2.71. The van der Waals surface area contributed by atoms with Gasteiger partial charge in [0.05, 0.1) is 18.8 Å². The van der Waals surface area contributed by atoms with E-state index in [1.807, 2.05) is 0 Å². The van der Waals surface area contributed by atoms with Crippen molar-refractivity contribution in [1.29, 1.82) is 0 Å². The molecule has 2 N–H and O–H groups in total. The van der Waals surface area contributed by atoms with Gasteiger partial charge in [0.15, 0.2) is 22.3 Å². The van der Waals surface area contributed by atoms with Crippen LogP contribution in [0, 0.1) is 17.7 Å². The molecule has 0 saturated carbocycles. The first-order valence-corrected chi connectivity index (χ1v) is 10.7. The van der Waals surface area contributed by atoms with Crippen LogP contribution in [-0.4, -0.2) is 42.2 Å². The van der Waals surface area contributed by atoms with Gasteiger partial charge in [-0.15, -0.1) is 0 Å². The Balaban J connectivity index is 1.85. The Morgan fingerprint density at radius 3 is 2.62 bits per heavy atom. The average Bonchev–Trinajstić information content (AvgIpc) is 2.78. The summed E-state index contributed by atoms with van der Waals surface area (Å²) in [4.78, 5) is 14.5. The number of hydrogen-bond donors (Lipinski definition) is 2. The molecule has 9 heteroatoms. The number of methoxy groups -OCH3 is 1. The summed E-state index contributed by atoms with van der Waals surface area (Å²) in [7, 11) is 1.26. The molecule has 0 radical (unpaired) electrons. The summed E-state index contributed by atoms with van der Waals surface area (Å²) in [5, 5.41) is 15.4. The molecule has 0 spiro atoms. The highest BCUT2D eigenvalue weighted by atomic mass is 32.1. The first kappa shape index (κ1) is 22.3. The van der Waals surface area contributed by atoms with E-state index < -0.39 is 35.4 Å². The van der Waals surface area contributed by atoms with Crippen LogP contribution in [0.25, 0.3) is 0 Å². The van der Waals surface area contributed by atoms with E-state index in [9.17, 15) is 14.3 Å². The maximum Gasteiger partial charge on any atom is 0.316 e. The molecule has 2 aromatic rings. The normalized spacial score (nSPS) is 24.8. The number of carbonyl (C=O) groups excluding carboxylic acids is 1. The fourth-order valence-corrected chi connectivity index (χ4v) is 4.73. The van der Waals surface area contributed by atoms with Crippen LogP contribution in [0.2, 0.25) is 0 Å². The van der Waals surface area contributed by atoms with Crippen molar-refractivity contribution in [2.75, 3.05) is 25.2 Å². The Kier molecular flexibility index (Phi) is 5.96. The second-order valence-electron chi connectivity index (χ2n) is 8.08. The lowest BCUT2D eigenvalue weighted by atomic mass is 9.75. The van der Waals surface area contributed by atoms with Crippen molar-refractivity contribution in [2.45, 2.75) is 25.6 Å². The van der Waals surface area contributed by atoms with Crippen molar-refractivity contribution < 1.29 is 28.5 Å². The topological polar surface area (TPSA) is 80.3 Å². The summed E-state index contributed by atoms with van der Waals surface area (Å²) >= 11 is 5.65. The van der Waals surface area contributed by atoms with E-state index in [0.717, 1.165) is 0 Å². The van der Waals surface area contributed by atoms with E-state index in [4.69, 9.17) is 26.4 Å². The lowest BCUT2D eigenvalue weighted by Gasteiger charge is -2.54. The molecule has 2 heterocycles. The quantitative estimate of drug-likeness (QED) is 0.532. The van der Waals surface area contributed by atoms with Crippen LogP contribution >= 0.6 is 12.2 Å². The number of halogens is 1. The SMILES string of the molecule is COC(=O)C1C(c2cccc(F)c2)NC(=S)N(c2ccc3c(c2)OCCO3)C1(O)C(C)C. The molecule has 2 aliphatic heterocycles. The van der Waals surface area contributed by atoms with Crippen molar-refractivity contribution in [3.63, 3.8) is 0 Å². The Hall–Kier alpha value is -2.91. The first-order chi connectivity index (χ1) is 15.3. The number of esters is 1. The zero-order chi connectivity index (χ0) is 23.0. The summed E-state index contributed by atoms with van der Waals surface area (Å²) in [6, 6.07) is 10.2. The molecule has 32 heavy (non-hydrogen) atoms. The number of nitrogens with one attached hydrogen (secondary N) is 1. The van der Waals surface area contributed by atoms with Gasteiger partial charge >= 0.3 is 5.97 Å². The van der Waals surface area contributed by atoms with Crippen LogP contribution < -0.4 is 19.7 Å². The molecule has 3 unspecified atom stereocenters. The molecule has 2 aliphatic rings. The van der Waals surface area contributed by atoms with Gasteiger partial charge in [-0.05, 0) is 42.0 Å². The number of fused-ring (bicyclic) bond motifs is 1. The largest absolute Gasteiger partial charge is 0.486 e. The number of carbonyl (C=O) groups is 1. The zero-order valence-corrected chi connectivity index (χ0v) is 18.8. The number of benzene rings is 2. The fourth-order valence-electron chi connectivity index (χ4n) is 4.35. The van der Waals surface area contributed by atoms with Gasteiger partial charge < -0.3 is 24.6 Å². The van der Waals surface area contributed by atoms with E-state index in [0.29, 0.717) is 36.0 Å². The summed E-state index contributed by atoms with van der Waals surface area (Å²) in [6.07, 6.45) is 0. The third-order valence-corrected chi connectivity index (χ3v) is 6.23. The maximum atomic E-state index is 14.0. The average molecular weight is 461 g/mol. The van der Waals surface area contributed by atoms with Crippen LogP contribution in [0.15, 0.2) is 42.5 Å². The summed E-state index contributed by atoms with van der Waals surface area (Å²) < 4.78 is 30.4. The van der Waals surface area contributed by atoms with Crippen molar-refractivity contribution in [1.82, 2.24) is 5.32 Å². The van der Waals surface area contributed by atoms with Gasteiger partial charge in [-0.2, -0.15) is 0 Å². The third-order valence-electron chi connectivity index (χ3n) is 5.93. The summed E-state index contributed by atoms with van der Waals surface area (Å²) in [6.45, 7) is 4.43. The third kappa shape index (κ3) is 3.65. The smallest absolute Gasteiger partial charge is 0.316 e. The number of nitrogens with zero attached hydrogens (tertiary/aromatic N) is 1. The molecule has 170 valence electrons. The van der Waals surface area contributed by atoms with Crippen LogP contribution in [0.4, 0.5) is 10.1 Å². The number of rotatable bonds is 4. The molecule has 0 aliphatic carbocycles. The van der Waals surface area contributed by atoms with Crippen molar-refractivity contribution >= 4 is 29.0 Å². The molecule has 1 fully saturated rings. The molecular weight excluding hydrogens is 435 g/mol. The molecule has 2 aromatic carbocycles. The van der Waals surface area contributed by atoms with Gasteiger partial charge in [0.2, 0.25) is 0 Å². The molecule has 0 aromatic heterocycles. The number of thiocarbonyl (C=S) groups is 1. The summed E-state index contributed by atoms with van der Waals surface area (Å²) in [5.41, 5.74) is -0.783. The Labute approximate surface area is 191 Å². The molecule has 0 amide bonds. The summed E-state index contributed by atoms with van der Waals surface area (Å²) in [5.74, 6) is -1.57. The zero-order valence-electron chi connectivity index (χ0n) is 18.0. The van der Waals surface area contributed by atoms with Crippen LogP contribution in [0.5, 0.6) is 11.5 Å². The maximum absolute atomic E-state index is 14.0. The molecule has 7 nitrogen and oxygen atoms in total. The lowest BCUT2D eigenvalue weighted by molar-refractivity contribution is -0.163. The van der Waals surface area contributed by atoms with Gasteiger partial charge in [-0.3, -0.25) is 9.69 Å². The highest BCUT2D eigenvalue weighted by Gasteiger charge is 2.58. The Bertz CT molecular complexity index is 1050. The minimum Gasteiger partial charge on any atom is -0.486 e. The van der Waals surface area contributed by atoms with Gasteiger partial charge in [-0.1, -0.05) is 26.0 Å². The predicted molar refractivity (Wildman–Crippen MR) is 120 cm³/mol. The highest BCUT2D eigenvalue weighted by Crippen LogP contribution is 2.46. The standard InChI is InChI=1S/C23H25FN2O5S/c1-13(2)23(28)19(21(27)29-3)20(14-5-4-6-15(24)11-14)25-22(32)26(23)16-7-8-17-18(12-16)31-10-9-30-17/h4-8,11-13,19-20,28H,9-10H2,1-3H3,(H,25,32). The van der Waals surface area contributed by atoms with E-state index in [-0.39, 0.29) is 5.11 Å². The second-order valence-corrected chi connectivity index (χ2v) is 8.47. The van der Waals surface area contributed by atoms with Crippen LogP contribution in [0.3, 0.4) is 0 Å². The van der Waals surface area contributed by atoms with E-state index >= 15 is 0 Å². The molecule has 4 rings (SSSR count). The number of anilines is 1. The van der Waals surface area contributed by atoms with Gasteiger partial charge in [0.1, 0.15) is 24.9 Å². The van der Waals surface area contributed by atoms with E-state index in [1.54, 1.807) is 44.2 Å². The molecule has 3 atom stereocenters. The van der Waals surface area contributed by atoms with Crippen LogP contribution in [0.1, 0.15) is 25.5 Å². The van der Waals surface area contributed by atoms with Gasteiger partial charge in [-0.25, -0.2) is 4.39 Å². The monoisotopic (exact) mass is 460 g/mol. The highest BCUT2D eigenvalue weighted by molar-refractivity contribution is 7.80. The van der Waals surface area contributed by atoms with Crippen molar-refractivity contribution in [2.24, 2.45) is 11.8 Å². The number of aliphatic hydroxyl groups is 1. The van der Waals surface area contributed by atoms with Crippen molar-refractivity contribution in [3.05, 3.63) is 53.8 Å². The number of hydrogen-bond acceptors (Lipinski definition) is 6. The minimum absolute atomic E-state index is 0.187. The fraction of sp³-hybridized carbons (Fsp3) is 0.391. The molecule has 1 saturated heterocycles. The van der Waals surface area contributed by atoms with E-state index in [1.165, 1.54) is 24.1 Å². The molecule has 0 bridgehead atoms. The number of ether oxygens (including phenoxy) is 3. The second kappa shape index (κ2) is 8.55. The van der Waals surface area contributed by atoms with Crippen molar-refractivity contribution in [3.8, 4) is 11.5 Å². The van der Waals surface area contributed by atoms with Gasteiger partial charge in [0, 0.05) is 12.0 Å². The Morgan fingerprint density at radius 2 is 1.97 bits per heavy atom. The van der Waals surface area contributed by atoms with Gasteiger partial charge in [0.25, 0.3) is 0 Å². The Morgan fingerprint density at radius 1 is 1.25 bits per heavy atom. The van der Waals surface area contributed by atoms with Crippen LogP contribution in [-0.2, 0) is 9.53 Å². The molecular formula is C23H25FN2O5S. The minimum atomic E-state index is -1.78. The predicted octanol–water partition coefficient (Wildman–Crippen LogP) is 3.17. The first-order valence-electron chi connectivity index (χ1n) is 10.3. The van der Waals surface area contributed by atoms with E-state index in [2.05, 4.69) is 5.32 Å².